The molecular weight excluding hydrogens is 336 g/mol. The van der Waals surface area contributed by atoms with E-state index in [9.17, 15) is 9.59 Å². The molecule has 1 atom stereocenters. The highest BCUT2D eigenvalue weighted by Crippen LogP contribution is 2.23. The zero-order valence-corrected chi connectivity index (χ0v) is 13.2. The van der Waals surface area contributed by atoms with Crippen LogP contribution < -0.4 is 4.74 Å². The van der Waals surface area contributed by atoms with Crippen LogP contribution >= 0.6 is 15.9 Å². The van der Waals surface area contributed by atoms with E-state index in [1.165, 1.54) is 0 Å². The lowest BCUT2D eigenvalue weighted by atomic mass is 10.1. The van der Waals surface area contributed by atoms with Gasteiger partial charge in [0.25, 0.3) is 0 Å². The molecule has 2 heterocycles. The fraction of sp³-hybridized carbons (Fsp3) is 0.467. The predicted octanol–water partition coefficient (Wildman–Crippen LogP) is 1.66. The summed E-state index contributed by atoms with van der Waals surface area (Å²) >= 11 is 3.37. The number of nitrogens with zero attached hydrogens (tertiary/aromatic N) is 2. The van der Waals surface area contributed by atoms with Crippen molar-refractivity contribution in [2.75, 3.05) is 26.2 Å². The number of ether oxygens (including phenoxy) is 1. The first-order valence-electron chi connectivity index (χ1n) is 7.12. The molecule has 0 radical (unpaired) electrons. The minimum absolute atomic E-state index is 0.0562. The van der Waals surface area contributed by atoms with Crippen molar-refractivity contribution in [2.24, 2.45) is 0 Å². The maximum absolute atomic E-state index is 12.3. The molecule has 6 heteroatoms. The number of hydrogen-bond acceptors (Lipinski definition) is 3. The highest BCUT2D eigenvalue weighted by Gasteiger charge is 2.41. The minimum atomic E-state index is -0.237. The van der Waals surface area contributed by atoms with Crippen molar-refractivity contribution in [3.05, 3.63) is 28.7 Å². The summed E-state index contributed by atoms with van der Waals surface area (Å²) in [6, 6.07) is 7.31. The summed E-state index contributed by atoms with van der Waals surface area (Å²) in [6.07, 6.45) is 1.71. The molecule has 5 nitrogen and oxygen atoms in total. The summed E-state index contributed by atoms with van der Waals surface area (Å²) in [6.45, 7) is 1.75. The fourth-order valence-electron chi connectivity index (χ4n) is 2.86. The Morgan fingerprint density at radius 2 is 2.00 bits per heavy atom. The molecule has 2 aliphatic rings. The van der Waals surface area contributed by atoms with Crippen LogP contribution in [0.25, 0.3) is 0 Å². The third kappa shape index (κ3) is 3.05. The van der Waals surface area contributed by atoms with Gasteiger partial charge < -0.3 is 14.5 Å². The van der Waals surface area contributed by atoms with E-state index in [2.05, 4.69) is 15.9 Å². The van der Waals surface area contributed by atoms with E-state index in [1.54, 1.807) is 9.80 Å². The van der Waals surface area contributed by atoms with Gasteiger partial charge >= 0.3 is 0 Å². The molecule has 1 aromatic rings. The number of rotatable bonds is 4. The summed E-state index contributed by atoms with van der Waals surface area (Å²) in [7, 11) is 0. The molecular formula is C15H17BrN2O3. The van der Waals surface area contributed by atoms with Crippen molar-refractivity contribution in [2.45, 2.75) is 18.9 Å². The minimum Gasteiger partial charge on any atom is -0.492 e. The monoisotopic (exact) mass is 352 g/mol. The van der Waals surface area contributed by atoms with Crippen molar-refractivity contribution in [3.63, 3.8) is 0 Å². The van der Waals surface area contributed by atoms with Gasteiger partial charge in [-0.15, -0.1) is 0 Å². The Hall–Kier alpha value is -1.56. The molecule has 0 aliphatic carbocycles. The summed E-state index contributed by atoms with van der Waals surface area (Å²) in [5, 5.41) is 0. The molecule has 0 bridgehead atoms. The van der Waals surface area contributed by atoms with Gasteiger partial charge in [0.1, 0.15) is 18.4 Å². The first-order valence-corrected chi connectivity index (χ1v) is 7.91. The summed E-state index contributed by atoms with van der Waals surface area (Å²) < 4.78 is 6.61. The van der Waals surface area contributed by atoms with Gasteiger partial charge in [0, 0.05) is 11.0 Å². The topological polar surface area (TPSA) is 49.9 Å². The Kier molecular flexibility index (Phi) is 4.14. The normalized spacial score (nSPS) is 21.7. The van der Waals surface area contributed by atoms with Gasteiger partial charge in [-0.3, -0.25) is 9.59 Å². The number of piperazine rings is 1. The molecule has 0 N–H and O–H groups in total. The molecule has 2 fully saturated rings. The number of carbonyl (C=O) groups excluding carboxylic acids is 2. The van der Waals surface area contributed by atoms with Crippen molar-refractivity contribution in [1.82, 2.24) is 9.80 Å². The average Bonchev–Trinajstić information content (AvgIpc) is 2.96. The van der Waals surface area contributed by atoms with Crippen molar-refractivity contribution < 1.29 is 14.3 Å². The van der Waals surface area contributed by atoms with Crippen LogP contribution in [0.4, 0.5) is 0 Å². The number of carbonyl (C=O) groups is 2. The van der Waals surface area contributed by atoms with Crippen LogP contribution in [0, 0.1) is 0 Å². The van der Waals surface area contributed by atoms with Gasteiger partial charge in [-0.25, -0.2) is 0 Å². The Labute approximate surface area is 132 Å². The lowest BCUT2D eigenvalue weighted by molar-refractivity contribution is -0.153. The third-order valence-electron chi connectivity index (χ3n) is 3.94. The maximum Gasteiger partial charge on any atom is 0.245 e. The second-order valence-electron chi connectivity index (χ2n) is 5.31. The zero-order valence-electron chi connectivity index (χ0n) is 11.6. The largest absolute Gasteiger partial charge is 0.492 e. The Balaban J connectivity index is 1.54. The van der Waals surface area contributed by atoms with Gasteiger partial charge in [0.15, 0.2) is 0 Å². The van der Waals surface area contributed by atoms with Gasteiger partial charge in [-0.05, 0) is 37.1 Å². The number of halogens is 1. The molecule has 3 rings (SSSR count). The van der Waals surface area contributed by atoms with Gasteiger partial charge in [0.05, 0.1) is 13.1 Å². The molecule has 0 aromatic heterocycles. The van der Waals surface area contributed by atoms with Crippen molar-refractivity contribution >= 4 is 27.7 Å². The van der Waals surface area contributed by atoms with E-state index in [0.717, 1.165) is 29.6 Å². The molecule has 2 aliphatic heterocycles. The maximum atomic E-state index is 12.3. The van der Waals surface area contributed by atoms with E-state index in [1.807, 2.05) is 24.3 Å². The number of fused-ring (bicyclic) bond motifs is 1. The van der Waals surface area contributed by atoms with E-state index in [-0.39, 0.29) is 24.4 Å². The third-order valence-corrected chi connectivity index (χ3v) is 4.47. The SMILES string of the molecule is O=C1C2CCCN2C(=O)CN1CCOc1ccc(Br)cc1. The van der Waals surface area contributed by atoms with E-state index < -0.39 is 0 Å². The van der Waals surface area contributed by atoms with E-state index >= 15 is 0 Å². The average molecular weight is 353 g/mol. The van der Waals surface area contributed by atoms with Crippen LogP contribution in [0.5, 0.6) is 5.75 Å². The van der Waals surface area contributed by atoms with Crippen LogP contribution in [0.1, 0.15) is 12.8 Å². The molecule has 2 amide bonds. The second kappa shape index (κ2) is 6.05. The summed E-state index contributed by atoms with van der Waals surface area (Å²) in [5.74, 6) is 0.878. The summed E-state index contributed by atoms with van der Waals surface area (Å²) in [4.78, 5) is 27.6. The van der Waals surface area contributed by atoms with E-state index in [0.29, 0.717) is 13.2 Å². The zero-order chi connectivity index (χ0) is 14.8. The lowest BCUT2D eigenvalue weighted by Gasteiger charge is -2.36. The fourth-order valence-corrected chi connectivity index (χ4v) is 3.12. The molecule has 0 spiro atoms. The predicted molar refractivity (Wildman–Crippen MR) is 81.0 cm³/mol. The van der Waals surface area contributed by atoms with Gasteiger partial charge in [-0.1, -0.05) is 15.9 Å². The number of hydrogen-bond donors (Lipinski definition) is 0. The molecule has 112 valence electrons. The smallest absolute Gasteiger partial charge is 0.245 e. The van der Waals surface area contributed by atoms with Crippen molar-refractivity contribution in [1.29, 1.82) is 0 Å². The molecule has 21 heavy (non-hydrogen) atoms. The summed E-state index contributed by atoms with van der Waals surface area (Å²) in [5.41, 5.74) is 0. The lowest BCUT2D eigenvalue weighted by Crippen LogP contribution is -2.57. The van der Waals surface area contributed by atoms with Crippen LogP contribution in [0.2, 0.25) is 0 Å². The van der Waals surface area contributed by atoms with Crippen LogP contribution in [0.3, 0.4) is 0 Å². The Bertz CT molecular complexity index is 546. The molecule has 1 unspecified atom stereocenters. The first kappa shape index (κ1) is 14.4. The molecule has 2 saturated heterocycles. The van der Waals surface area contributed by atoms with Crippen LogP contribution in [-0.2, 0) is 9.59 Å². The Morgan fingerprint density at radius 1 is 1.24 bits per heavy atom. The van der Waals surface area contributed by atoms with Gasteiger partial charge in [0.2, 0.25) is 11.8 Å². The van der Waals surface area contributed by atoms with Crippen molar-refractivity contribution in [3.8, 4) is 5.75 Å². The number of amides is 2. The highest BCUT2D eigenvalue weighted by molar-refractivity contribution is 9.10. The first-order chi connectivity index (χ1) is 10.1. The van der Waals surface area contributed by atoms with Crippen LogP contribution in [0.15, 0.2) is 28.7 Å². The second-order valence-corrected chi connectivity index (χ2v) is 6.22. The Morgan fingerprint density at radius 3 is 2.76 bits per heavy atom. The van der Waals surface area contributed by atoms with E-state index in [4.69, 9.17) is 4.74 Å². The van der Waals surface area contributed by atoms with Gasteiger partial charge in [-0.2, -0.15) is 0 Å². The number of benzene rings is 1. The molecule has 1 aromatic carbocycles. The van der Waals surface area contributed by atoms with Crippen LogP contribution in [-0.4, -0.2) is 53.9 Å². The molecule has 0 saturated carbocycles. The standard InChI is InChI=1S/C15H17BrN2O3/c16-11-3-5-12(6-4-11)21-9-8-17-10-14(19)18-7-1-2-13(18)15(17)20/h3-6,13H,1-2,7-10H2. The highest BCUT2D eigenvalue weighted by atomic mass is 79.9. The quantitative estimate of drug-likeness (QED) is 0.827.